The summed E-state index contributed by atoms with van der Waals surface area (Å²) in [4.78, 5) is 7.94. The Labute approximate surface area is 191 Å². The number of halogens is 2. The van der Waals surface area contributed by atoms with E-state index in [4.69, 9.17) is 0 Å². The lowest BCUT2D eigenvalue weighted by Crippen LogP contribution is -2.26. The zero-order valence-electron chi connectivity index (χ0n) is 18.9. The standard InChI is InChI=1S/C22H22F2N2OS.C3H9N/c23-22(24)10-11-26(14-22)21-9-8-17(28(27)16-5-3-6-16)13-18(21)20-12-15-4-1-2-7-19(15)25-20;1-4(2)3/h1-2,4,7-9,12-13,16,25H,3,5-6,10-11,14H2;1-3H3. The Hall–Kier alpha value is -2.25. The molecule has 0 radical (unpaired) electrons. The Balaban J connectivity index is 0.000000567. The van der Waals surface area contributed by atoms with E-state index in [9.17, 15) is 13.0 Å². The highest BCUT2D eigenvalue weighted by molar-refractivity contribution is 7.85. The van der Waals surface area contributed by atoms with Crippen LogP contribution in [0, 0.1) is 0 Å². The fourth-order valence-electron chi connectivity index (χ4n) is 4.07. The van der Waals surface area contributed by atoms with Crippen LogP contribution in [0.3, 0.4) is 0 Å². The minimum Gasteiger partial charge on any atom is -0.365 e. The van der Waals surface area contributed by atoms with Gasteiger partial charge in [0.25, 0.3) is 5.92 Å². The molecule has 3 aromatic rings. The maximum absolute atomic E-state index is 13.9. The lowest BCUT2D eigenvalue weighted by Gasteiger charge is -2.26. The number of alkyl halides is 2. The fourth-order valence-corrected chi connectivity index (χ4v) is 5.65. The van der Waals surface area contributed by atoms with E-state index in [-0.39, 0.29) is 18.2 Å². The number of nitrogens with zero attached hydrogens (tertiary/aromatic N) is 2. The molecule has 1 aliphatic heterocycles. The van der Waals surface area contributed by atoms with Crippen LogP contribution < -0.4 is 4.90 Å². The Morgan fingerprint density at radius 2 is 1.81 bits per heavy atom. The number of hydrogen-bond acceptors (Lipinski definition) is 3. The van der Waals surface area contributed by atoms with Crippen LogP contribution in [-0.4, -0.2) is 59.5 Å². The van der Waals surface area contributed by atoms with Crippen molar-refractivity contribution >= 4 is 27.4 Å². The summed E-state index contributed by atoms with van der Waals surface area (Å²) in [5.41, 5.74) is 3.50. The SMILES string of the molecule is CN(C)C.O=S(c1ccc(N2CCC(F)(F)C2)c(-c2cc3ccccc3[nH]2)c1)C1CCC1. The molecule has 2 aliphatic rings. The maximum Gasteiger partial charge on any atom is 0.266 e. The summed E-state index contributed by atoms with van der Waals surface area (Å²) in [6.07, 6.45) is 2.99. The van der Waals surface area contributed by atoms with Gasteiger partial charge in [0.1, 0.15) is 0 Å². The average Bonchev–Trinajstić information content (AvgIpc) is 3.28. The van der Waals surface area contributed by atoms with Crippen molar-refractivity contribution in [3.8, 4) is 11.3 Å². The lowest BCUT2D eigenvalue weighted by molar-refractivity contribution is 0.0257. The van der Waals surface area contributed by atoms with E-state index in [2.05, 4.69) is 4.98 Å². The summed E-state index contributed by atoms with van der Waals surface area (Å²) in [5.74, 6) is -2.66. The predicted octanol–water partition coefficient (Wildman–Crippen LogP) is 5.52. The van der Waals surface area contributed by atoms with Crippen LogP contribution in [0.15, 0.2) is 53.4 Å². The molecular formula is C25H31F2N3OS. The van der Waals surface area contributed by atoms with Gasteiger partial charge in [-0.1, -0.05) is 24.6 Å². The Kier molecular flexibility index (Phi) is 6.67. The number of fused-ring (bicyclic) bond motifs is 1. The molecule has 172 valence electrons. The molecule has 4 nitrogen and oxygen atoms in total. The van der Waals surface area contributed by atoms with Gasteiger partial charge < -0.3 is 14.8 Å². The molecule has 5 rings (SSSR count). The molecule has 1 unspecified atom stereocenters. The van der Waals surface area contributed by atoms with E-state index in [1.807, 2.05) is 74.6 Å². The molecule has 0 amide bonds. The smallest absolute Gasteiger partial charge is 0.266 e. The Morgan fingerprint density at radius 1 is 1.09 bits per heavy atom. The summed E-state index contributed by atoms with van der Waals surface area (Å²) in [6, 6.07) is 15.7. The maximum atomic E-state index is 13.9. The molecule has 2 heterocycles. The molecule has 1 saturated carbocycles. The zero-order chi connectivity index (χ0) is 22.9. The van der Waals surface area contributed by atoms with E-state index in [0.717, 1.165) is 52.0 Å². The normalized spacial score (nSPS) is 19.0. The molecule has 1 aliphatic carbocycles. The summed E-state index contributed by atoms with van der Waals surface area (Å²) in [5, 5.41) is 1.29. The molecule has 0 bridgehead atoms. The van der Waals surface area contributed by atoms with Gasteiger partial charge in [-0.25, -0.2) is 8.78 Å². The van der Waals surface area contributed by atoms with Crippen LogP contribution >= 0.6 is 0 Å². The summed E-state index contributed by atoms with van der Waals surface area (Å²) >= 11 is 0. The van der Waals surface area contributed by atoms with E-state index < -0.39 is 16.7 Å². The molecule has 1 saturated heterocycles. The highest BCUT2D eigenvalue weighted by atomic mass is 32.2. The van der Waals surface area contributed by atoms with E-state index in [0.29, 0.717) is 6.54 Å². The second kappa shape index (κ2) is 9.32. The van der Waals surface area contributed by atoms with Crippen molar-refractivity contribution in [3.05, 3.63) is 48.5 Å². The molecule has 7 heteroatoms. The van der Waals surface area contributed by atoms with Crippen molar-refractivity contribution in [2.45, 2.75) is 41.8 Å². The van der Waals surface area contributed by atoms with Gasteiger partial charge in [0.05, 0.1) is 17.3 Å². The lowest BCUT2D eigenvalue weighted by atomic mass is 10.00. The first-order valence-corrected chi connectivity index (χ1v) is 12.3. The number of rotatable bonds is 4. The third-order valence-corrected chi connectivity index (χ3v) is 7.68. The topological polar surface area (TPSA) is 39.3 Å². The minimum absolute atomic E-state index is 0.130. The Morgan fingerprint density at radius 3 is 2.41 bits per heavy atom. The molecule has 1 atom stereocenters. The van der Waals surface area contributed by atoms with Gasteiger partial charge in [0, 0.05) is 51.0 Å². The minimum atomic E-state index is -2.66. The monoisotopic (exact) mass is 459 g/mol. The largest absolute Gasteiger partial charge is 0.365 e. The van der Waals surface area contributed by atoms with Crippen LogP contribution in [0.5, 0.6) is 0 Å². The van der Waals surface area contributed by atoms with Crippen molar-refractivity contribution in [1.82, 2.24) is 9.88 Å². The molecule has 1 aromatic heterocycles. The summed E-state index contributed by atoms with van der Waals surface area (Å²) < 4.78 is 40.6. The number of benzene rings is 2. The van der Waals surface area contributed by atoms with Gasteiger partial charge in [0.2, 0.25) is 0 Å². The highest BCUT2D eigenvalue weighted by Crippen LogP contribution is 2.39. The van der Waals surface area contributed by atoms with Gasteiger partial charge in [-0.3, -0.25) is 4.21 Å². The van der Waals surface area contributed by atoms with Crippen molar-refractivity contribution in [2.75, 3.05) is 39.1 Å². The summed E-state index contributed by atoms with van der Waals surface area (Å²) in [6.45, 7) is 0.0522. The zero-order valence-corrected chi connectivity index (χ0v) is 19.7. The first-order valence-electron chi connectivity index (χ1n) is 11.1. The second-order valence-corrected chi connectivity index (χ2v) is 10.9. The van der Waals surface area contributed by atoms with Gasteiger partial charge in [-0.05, 0) is 64.3 Å². The number of para-hydroxylation sites is 1. The quantitative estimate of drug-likeness (QED) is 0.559. The third-order valence-electron chi connectivity index (χ3n) is 5.89. The number of nitrogens with one attached hydrogen (secondary N) is 1. The first kappa shape index (κ1) is 22.9. The van der Waals surface area contributed by atoms with E-state index in [1.54, 1.807) is 4.90 Å². The fraction of sp³-hybridized carbons (Fsp3) is 0.440. The third kappa shape index (κ3) is 5.04. The first-order chi connectivity index (χ1) is 15.2. The van der Waals surface area contributed by atoms with E-state index >= 15 is 0 Å². The second-order valence-electron chi connectivity index (χ2n) is 9.17. The van der Waals surface area contributed by atoms with Gasteiger partial charge >= 0.3 is 0 Å². The van der Waals surface area contributed by atoms with Crippen LogP contribution in [0.4, 0.5) is 14.5 Å². The number of aromatic amines is 1. The van der Waals surface area contributed by atoms with Crippen molar-refractivity contribution in [2.24, 2.45) is 0 Å². The van der Waals surface area contributed by atoms with Crippen LogP contribution in [0.1, 0.15) is 25.7 Å². The van der Waals surface area contributed by atoms with Gasteiger partial charge in [-0.15, -0.1) is 0 Å². The van der Waals surface area contributed by atoms with Crippen molar-refractivity contribution in [1.29, 1.82) is 0 Å². The highest BCUT2D eigenvalue weighted by Gasteiger charge is 2.39. The van der Waals surface area contributed by atoms with Crippen LogP contribution in [0.2, 0.25) is 0 Å². The Bertz CT molecular complexity index is 1070. The average molecular weight is 460 g/mol. The number of H-pyrrole nitrogens is 1. The number of anilines is 1. The van der Waals surface area contributed by atoms with Crippen LogP contribution in [0.25, 0.3) is 22.2 Å². The molecule has 0 spiro atoms. The molecule has 1 N–H and O–H groups in total. The molecular weight excluding hydrogens is 428 g/mol. The number of hydrogen-bond donors (Lipinski definition) is 1. The molecule has 32 heavy (non-hydrogen) atoms. The van der Waals surface area contributed by atoms with Gasteiger partial charge in [0.15, 0.2) is 0 Å². The predicted molar refractivity (Wildman–Crippen MR) is 129 cm³/mol. The molecule has 2 fully saturated rings. The number of aromatic nitrogens is 1. The van der Waals surface area contributed by atoms with Gasteiger partial charge in [-0.2, -0.15) is 0 Å². The van der Waals surface area contributed by atoms with E-state index in [1.165, 1.54) is 0 Å². The van der Waals surface area contributed by atoms with Crippen LogP contribution in [-0.2, 0) is 10.8 Å². The van der Waals surface area contributed by atoms with Crippen molar-refractivity contribution in [3.63, 3.8) is 0 Å². The molecule has 2 aromatic carbocycles. The van der Waals surface area contributed by atoms with Crippen molar-refractivity contribution < 1.29 is 13.0 Å². The summed E-state index contributed by atoms with van der Waals surface area (Å²) in [7, 11) is 4.95.